The van der Waals surface area contributed by atoms with Crippen LogP contribution in [0.1, 0.15) is 25.1 Å². The van der Waals surface area contributed by atoms with Crippen LogP contribution in [0.3, 0.4) is 0 Å². The third-order valence-electron chi connectivity index (χ3n) is 2.28. The Morgan fingerprint density at radius 2 is 2.47 bits per heavy atom. The zero-order valence-electron chi connectivity index (χ0n) is 9.03. The van der Waals surface area contributed by atoms with Crippen LogP contribution in [0.25, 0.3) is 0 Å². The number of nitrogens with zero attached hydrogens (tertiary/aromatic N) is 2. The summed E-state index contributed by atoms with van der Waals surface area (Å²) in [6.07, 6.45) is 2.69. The molecule has 0 aliphatic rings. The highest BCUT2D eigenvalue weighted by Gasteiger charge is 2.16. The molecule has 1 heterocycles. The zero-order valence-corrected chi connectivity index (χ0v) is 10.6. The number of halogens is 1. The standard InChI is InChI=1S/C9H17BrN4O/c1-3-8(13-11)9-7(10)6-12-14(9)4-5-15-2/h6,8,13H,3-5,11H2,1-2H3. The second kappa shape index (κ2) is 6.22. The number of methoxy groups -OCH3 is 1. The SMILES string of the molecule is CCC(NN)c1c(Br)cnn1CCOC. The smallest absolute Gasteiger partial charge is 0.0710 e. The van der Waals surface area contributed by atoms with Crippen molar-refractivity contribution in [1.82, 2.24) is 15.2 Å². The van der Waals surface area contributed by atoms with Crippen LogP contribution in [0.2, 0.25) is 0 Å². The Morgan fingerprint density at radius 1 is 1.73 bits per heavy atom. The van der Waals surface area contributed by atoms with Gasteiger partial charge in [0.15, 0.2) is 0 Å². The molecular formula is C9H17BrN4O. The second-order valence-corrected chi connectivity index (χ2v) is 4.08. The summed E-state index contributed by atoms with van der Waals surface area (Å²) in [5.41, 5.74) is 3.85. The molecular weight excluding hydrogens is 260 g/mol. The Kier molecular flexibility index (Phi) is 5.24. The Hall–Kier alpha value is -0.430. The number of hydrogen-bond donors (Lipinski definition) is 2. The van der Waals surface area contributed by atoms with E-state index in [1.54, 1.807) is 13.3 Å². The fraction of sp³-hybridized carbons (Fsp3) is 0.667. The van der Waals surface area contributed by atoms with Gasteiger partial charge in [0.05, 0.1) is 35.6 Å². The van der Waals surface area contributed by atoms with E-state index in [2.05, 4.69) is 33.4 Å². The van der Waals surface area contributed by atoms with Crippen molar-refractivity contribution in [2.24, 2.45) is 5.84 Å². The molecule has 1 rings (SSSR count). The summed E-state index contributed by atoms with van der Waals surface area (Å²) >= 11 is 3.47. The summed E-state index contributed by atoms with van der Waals surface area (Å²) in [5.74, 6) is 5.50. The van der Waals surface area contributed by atoms with E-state index in [0.29, 0.717) is 6.61 Å². The largest absolute Gasteiger partial charge is 0.383 e. The quantitative estimate of drug-likeness (QED) is 0.606. The third-order valence-corrected chi connectivity index (χ3v) is 2.89. The normalized spacial score (nSPS) is 13.1. The third kappa shape index (κ3) is 3.01. The minimum Gasteiger partial charge on any atom is -0.383 e. The van der Waals surface area contributed by atoms with Gasteiger partial charge < -0.3 is 4.74 Å². The van der Waals surface area contributed by atoms with Gasteiger partial charge in [-0.15, -0.1) is 0 Å². The van der Waals surface area contributed by atoms with E-state index in [-0.39, 0.29) is 6.04 Å². The molecule has 0 saturated heterocycles. The van der Waals surface area contributed by atoms with Crippen LogP contribution in [0.5, 0.6) is 0 Å². The molecule has 0 amide bonds. The summed E-state index contributed by atoms with van der Waals surface area (Å²) < 4.78 is 7.91. The van der Waals surface area contributed by atoms with Gasteiger partial charge in [-0.25, -0.2) is 0 Å². The van der Waals surface area contributed by atoms with E-state index in [0.717, 1.165) is 23.1 Å². The lowest BCUT2D eigenvalue weighted by Crippen LogP contribution is -2.30. The first-order valence-corrected chi connectivity index (χ1v) is 5.70. The van der Waals surface area contributed by atoms with Crippen LogP contribution in [0.15, 0.2) is 10.7 Å². The van der Waals surface area contributed by atoms with Crippen molar-refractivity contribution in [3.05, 3.63) is 16.4 Å². The molecule has 3 N–H and O–H groups in total. The summed E-state index contributed by atoms with van der Waals surface area (Å²) in [5, 5.41) is 4.26. The van der Waals surface area contributed by atoms with Gasteiger partial charge in [-0.2, -0.15) is 5.10 Å². The van der Waals surface area contributed by atoms with E-state index >= 15 is 0 Å². The predicted molar refractivity (Wildman–Crippen MR) is 62.2 cm³/mol. The molecule has 1 unspecified atom stereocenters. The molecule has 5 nitrogen and oxygen atoms in total. The fourth-order valence-electron chi connectivity index (χ4n) is 1.46. The van der Waals surface area contributed by atoms with Gasteiger partial charge in [-0.05, 0) is 22.4 Å². The molecule has 6 heteroatoms. The molecule has 1 aromatic rings. The Bertz CT molecular complexity index is 298. The van der Waals surface area contributed by atoms with Gasteiger partial charge in [0.2, 0.25) is 0 Å². The van der Waals surface area contributed by atoms with Crippen LogP contribution in [0, 0.1) is 0 Å². The average Bonchev–Trinajstić information content (AvgIpc) is 2.60. The van der Waals surface area contributed by atoms with Crippen LogP contribution >= 0.6 is 15.9 Å². The first-order valence-electron chi connectivity index (χ1n) is 4.90. The average molecular weight is 277 g/mol. The Morgan fingerprint density at radius 3 is 3.00 bits per heavy atom. The molecule has 0 bridgehead atoms. The minimum absolute atomic E-state index is 0.110. The van der Waals surface area contributed by atoms with Crippen LogP contribution in [-0.2, 0) is 11.3 Å². The van der Waals surface area contributed by atoms with E-state index < -0.39 is 0 Å². The molecule has 1 aromatic heterocycles. The molecule has 86 valence electrons. The van der Waals surface area contributed by atoms with Crippen molar-refractivity contribution < 1.29 is 4.74 Å². The highest BCUT2D eigenvalue weighted by atomic mass is 79.9. The summed E-state index contributed by atoms with van der Waals surface area (Å²) in [6, 6.07) is 0.110. The lowest BCUT2D eigenvalue weighted by atomic mass is 10.1. The van der Waals surface area contributed by atoms with E-state index in [4.69, 9.17) is 10.6 Å². The number of aromatic nitrogens is 2. The first kappa shape index (κ1) is 12.6. The lowest BCUT2D eigenvalue weighted by Gasteiger charge is -2.16. The van der Waals surface area contributed by atoms with Crippen molar-refractivity contribution in [3.63, 3.8) is 0 Å². The summed E-state index contributed by atoms with van der Waals surface area (Å²) in [7, 11) is 1.68. The number of rotatable bonds is 6. The van der Waals surface area contributed by atoms with Gasteiger partial charge in [-0.1, -0.05) is 6.92 Å². The Balaban J connectivity index is 2.87. The van der Waals surface area contributed by atoms with Crippen molar-refractivity contribution in [3.8, 4) is 0 Å². The van der Waals surface area contributed by atoms with Crippen LogP contribution in [-0.4, -0.2) is 23.5 Å². The van der Waals surface area contributed by atoms with E-state index in [1.807, 2.05) is 4.68 Å². The molecule has 0 aliphatic carbocycles. The monoisotopic (exact) mass is 276 g/mol. The molecule has 1 atom stereocenters. The van der Waals surface area contributed by atoms with E-state index in [9.17, 15) is 0 Å². The maximum absolute atomic E-state index is 5.50. The number of hydrogen-bond acceptors (Lipinski definition) is 4. The van der Waals surface area contributed by atoms with Crippen molar-refractivity contribution >= 4 is 15.9 Å². The number of nitrogens with one attached hydrogen (secondary N) is 1. The molecule has 0 aromatic carbocycles. The molecule has 0 aliphatic heterocycles. The highest BCUT2D eigenvalue weighted by molar-refractivity contribution is 9.10. The molecule has 0 fully saturated rings. The zero-order chi connectivity index (χ0) is 11.3. The molecule has 0 spiro atoms. The van der Waals surface area contributed by atoms with Gasteiger partial charge in [-0.3, -0.25) is 16.0 Å². The minimum atomic E-state index is 0.110. The maximum atomic E-state index is 5.50. The highest BCUT2D eigenvalue weighted by Crippen LogP contribution is 2.24. The number of hydrazine groups is 1. The van der Waals surface area contributed by atoms with Crippen molar-refractivity contribution in [2.45, 2.75) is 25.9 Å². The van der Waals surface area contributed by atoms with Crippen molar-refractivity contribution in [2.75, 3.05) is 13.7 Å². The van der Waals surface area contributed by atoms with Gasteiger partial charge >= 0.3 is 0 Å². The van der Waals surface area contributed by atoms with Crippen LogP contribution in [0.4, 0.5) is 0 Å². The molecule has 0 radical (unpaired) electrons. The molecule has 0 saturated carbocycles. The predicted octanol–water partition coefficient (Wildman–Crippen LogP) is 1.21. The summed E-state index contributed by atoms with van der Waals surface area (Å²) in [6.45, 7) is 3.45. The van der Waals surface area contributed by atoms with Gasteiger partial charge in [0.1, 0.15) is 0 Å². The summed E-state index contributed by atoms with van der Waals surface area (Å²) in [4.78, 5) is 0. The maximum Gasteiger partial charge on any atom is 0.0710 e. The fourth-order valence-corrected chi connectivity index (χ4v) is 2.04. The molecule has 15 heavy (non-hydrogen) atoms. The number of nitrogens with two attached hydrogens (primary N) is 1. The topological polar surface area (TPSA) is 65.1 Å². The van der Waals surface area contributed by atoms with Gasteiger partial charge in [0.25, 0.3) is 0 Å². The van der Waals surface area contributed by atoms with Gasteiger partial charge in [0, 0.05) is 7.11 Å². The lowest BCUT2D eigenvalue weighted by molar-refractivity contribution is 0.181. The Labute approximate surface area is 98.1 Å². The number of ether oxygens (including phenoxy) is 1. The second-order valence-electron chi connectivity index (χ2n) is 3.22. The van der Waals surface area contributed by atoms with Crippen LogP contribution < -0.4 is 11.3 Å². The van der Waals surface area contributed by atoms with E-state index in [1.165, 1.54) is 0 Å². The first-order chi connectivity index (χ1) is 7.24. The van der Waals surface area contributed by atoms with Crippen molar-refractivity contribution in [1.29, 1.82) is 0 Å².